The molecule has 146 valence electrons. The lowest BCUT2D eigenvalue weighted by Crippen LogP contribution is -2.50. The number of carbonyl (C=O) groups is 1. The molecule has 1 unspecified atom stereocenters. The summed E-state index contributed by atoms with van der Waals surface area (Å²) in [4.78, 5) is 22.2. The number of fused-ring (bicyclic) bond motifs is 1. The molecule has 2 aliphatic rings. The van der Waals surface area contributed by atoms with Gasteiger partial charge < -0.3 is 9.64 Å². The van der Waals surface area contributed by atoms with Crippen molar-refractivity contribution in [2.75, 3.05) is 56.7 Å². The van der Waals surface area contributed by atoms with Crippen LogP contribution in [0.25, 0.3) is 10.2 Å². The summed E-state index contributed by atoms with van der Waals surface area (Å²) in [6.45, 7) is 5.41. The number of rotatable bonds is 5. The maximum atomic E-state index is 13.0. The van der Waals surface area contributed by atoms with Crippen molar-refractivity contribution in [1.82, 2.24) is 14.8 Å². The maximum absolute atomic E-state index is 13.0. The largest absolute Gasteiger partial charge is 0.379 e. The average Bonchev–Trinajstić information content (AvgIpc) is 2.98. The lowest BCUT2D eigenvalue weighted by Gasteiger charge is -2.35. The molecule has 5 nitrogen and oxygen atoms in total. The van der Waals surface area contributed by atoms with Gasteiger partial charge >= 0.3 is 0 Å². The van der Waals surface area contributed by atoms with Crippen LogP contribution in [0.5, 0.6) is 0 Å². The second kappa shape index (κ2) is 9.60. The van der Waals surface area contributed by atoms with Crippen LogP contribution in [0.3, 0.4) is 0 Å². The topological polar surface area (TPSA) is 45.7 Å². The highest BCUT2D eigenvalue weighted by atomic mass is 32.2. The van der Waals surface area contributed by atoms with Crippen molar-refractivity contribution >= 4 is 51.0 Å². The van der Waals surface area contributed by atoms with E-state index in [1.807, 2.05) is 30.0 Å². The van der Waals surface area contributed by atoms with Crippen LogP contribution in [-0.2, 0) is 9.53 Å². The first-order chi connectivity index (χ1) is 13.3. The fourth-order valence-electron chi connectivity index (χ4n) is 3.51. The Bertz CT molecular complexity index is 730. The Kier molecular flexibility index (Phi) is 6.94. The normalized spacial score (nSPS) is 22.1. The number of nitrogens with zero attached hydrogens (tertiary/aromatic N) is 3. The molecular weight excluding hydrogens is 398 g/mol. The van der Waals surface area contributed by atoms with Gasteiger partial charge in [-0.2, -0.15) is 11.8 Å². The average molecular weight is 424 g/mol. The van der Waals surface area contributed by atoms with E-state index in [0.717, 1.165) is 67.2 Å². The van der Waals surface area contributed by atoms with E-state index in [-0.39, 0.29) is 5.91 Å². The minimum Gasteiger partial charge on any atom is -0.379 e. The van der Waals surface area contributed by atoms with Gasteiger partial charge in [0.1, 0.15) is 0 Å². The number of thioether (sulfide) groups is 2. The molecule has 0 N–H and O–H groups in total. The van der Waals surface area contributed by atoms with Gasteiger partial charge in [-0.05, 0) is 24.3 Å². The number of para-hydroxylation sites is 1. The molecule has 2 saturated heterocycles. The third-order valence-electron chi connectivity index (χ3n) is 4.93. The van der Waals surface area contributed by atoms with Crippen molar-refractivity contribution in [2.24, 2.45) is 0 Å². The van der Waals surface area contributed by atoms with Crippen LogP contribution >= 0.6 is 34.9 Å². The summed E-state index contributed by atoms with van der Waals surface area (Å²) in [5, 5.41) is 0. The number of morpholine rings is 1. The van der Waals surface area contributed by atoms with Crippen LogP contribution < -0.4 is 0 Å². The Morgan fingerprint density at radius 1 is 1.26 bits per heavy atom. The standard InChI is InChI=1S/C19H25N3O2S3/c23-18(14-26-19-20-16-4-1-2-5-17(16)27-19)22-6-3-11-25-13-15(22)12-21-7-9-24-10-8-21/h1-2,4-5,15H,3,6-14H2. The molecule has 0 radical (unpaired) electrons. The van der Waals surface area contributed by atoms with E-state index < -0.39 is 0 Å². The molecule has 27 heavy (non-hydrogen) atoms. The zero-order valence-electron chi connectivity index (χ0n) is 15.3. The number of benzene rings is 1. The fraction of sp³-hybridized carbons (Fsp3) is 0.579. The first-order valence-corrected chi connectivity index (χ1v) is 12.4. The molecule has 8 heteroatoms. The zero-order chi connectivity index (χ0) is 18.5. The van der Waals surface area contributed by atoms with Gasteiger partial charge in [-0.15, -0.1) is 11.3 Å². The number of amides is 1. The third-order valence-corrected chi connectivity index (χ3v) is 8.29. The molecule has 4 rings (SSSR count). The Labute approximate surface area is 172 Å². The number of carbonyl (C=O) groups excluding carboxylic acids is 1. The summed E-state index contributed by atoms with van der Waals surface area (Å²) in [5.74, 6) is 2.91. The fourth-order valence-corrected chi connectivity index (χ4v) is 6.52. The summed E-state index contributed by atoms with van der Waals surface area (Å²) in [5.41, 5.74) is 1.02. The van der Waals surface area contributed by atoms with E-state index in [2.05, 4.69) is 20.9 Å². The van der Waals surface area contributed by atoms with Gasteiger partial charge in [-0.3, -0.25) is 9.69 Å². The predicted molar refractivity (Wildman–Crippen MR) is 115 cm³/mol. The van der Waals surface area contributed by atoms with Crippen molar-refractivity contribution in [2.45, 2.75) is 16.8 Å². The first kappa shape index (κ1) is 19.5. The Hall–Kier alpha value is -0.800. The second-order valence-corrected chi connectivity index (χ2v) is 10.2. The van der Waals surface area contributed by atoms with Crippen molar-refractivity contribution in [1.29, 1.82) is 0 Å². The van der Waals surface area contributed by atoms with Crippen LogP contribution in [0.15, 0.2) is 28.6 Å². The van der Waals surface area contributed by atoms with E-state index in [1.165, 1.54) is 4.70 Å². The highest BCUT2D eigenvalue weighted by molar-refractivity contribution is 8.01. The molecule has 3 heterocycles. The van der Waals surface area contributed by atoms with E-state index in [1.54, 1.807) is 23.1 Å². The zero-order valence-corrected chi connectivity index (χ0v) is 17.8. The molecule has 2 aromatic rings. The van der Waals surface area contributed by atoms with Crippen LogP contribution in [-0.4, -0.2) is 83.4 Å². The van der Waals surface area contributed by atoms with Crippen LogP contribution in [0, 0.1) is 0 Å². The Balaban J connectivity index is 1.37. The van der Waals surface area contributed by atoms with Crippen LogP contribution in [0.1, 0.15) is 6.42 Å². The molecule has 1 atom stereocenters. The molecule has 1 aromatic heterocycles. The van der Waals surface area contributed by atoms with Crippen LogP contribution in [0.4, 0.5) is 0 Å². The Morgan fingerprint density at radius 3 is 2.96 bits per heavy atom. The predicted octanol–water partition coefficient (Wildman–Crippen LogP) is 3.05. The summed E-state index contributed by atoms with van der Waals surface area (Å²) < 4.78 is 7.63. The van der Waals surface area contributed by atoms with E-state index in [0.29, 0.717) is 11.8 Å². The third kappa shape index (κ3) is 5.17. The number of hydrogen-bond acceptors (Lipinski definition) is 7. The monoisotopic (exact) mass is 423 g/mol. The number of hydrogen-bond donors (Lipinski definition) is 0. The van der Waals surface area contributed by atoms with E-state index in [4.69, 9.17) is 4.74 Å². The second-order valence-electron chi connectivity index (χ2n) is 6.82. The van der Waals surface area contributed by atoms with Gasteiger partial charge in [-0.25, -0.2) is 4.98 Å². The molecule has 1 aromatic carbocycles. The van der Waals surface area contributed by atoms with E-state index in [9.17, 15) is 4.79 Å². The van der Waals surface area contributed by atoms with Crippen molar-refractivity contribution in [3.63, 3.8) is 0 Å². The van der Waals surface area contributed by atoms with Crippen molar-refractivity contribution in [3.8, 4) is 0 Å². The quantitative estimate of drug-likeness (QED) is 0.689. The van der Waals surface area contributed by atoms with E-state index >= 15 is 0 Å². The number of ether oxygens (including phenoxy) is 1. The van der Waals surface area contributed by atoms with Crippen molar-refractivity contribution in [3.05, 3.63) is 24.3 Å². The molecule has 1 amide bonds. The minimum absolute atomic E-state index is 0.250. The molecule has 0 spiro atoms. The summed E-state index contributed by atoms with van der Waals surface area (Å²) in [6, 6.07) is 8.46. The molecule has 0 aliphatic carbocycles. The molecule has 2 fully saturated rings. The smallest absolute Gasteiger partial charge is 0.233 e. The molecule has 2 aliphatic heterocycles. The van der Waals surface area contributed by atoms with Gasteiger partial charge in [0.2, 0.25) is 5.91 Å². The number of thiazole rings is 1. The lowest BCUT2D eigenvalue weighted by atomic mass is 10.2. The SMILES string of the molecule is O=C(CSc1nc2ccccc2s1)N1CCCSCC1CN1CCOCC1. The molecule has 0 saturated carbocycles. The number of aromatic nitrogens is 1. The minimum atomic E-state index is 0.250. The summed E-state index contributed by atoms with van der Waals surface area (Å²) >= 11 is 5.23. The van der Waals surface area contributed by atoms with Gasteiger partial charge in [-0.1, -0.05) is 23.9 Å². The van der Waals surface area contributed by atoms with Gasteiger partial charge in [0.15, 0.2) is 4.34 Å². The van der Waals surface area contributed by atoms with Gasteiger partial charge in [0.05, 0.1) is 35.2 Å². The molecular formula is C19H25N3O2S3. The highest BCUT2D eigenvalue weighted by Gasteiger charge is 2.28. The summed E-state index contributed by atoms with van der Waals surface area (Å²) in [6.07, 6.45) is 1.09. The molecule has 0 bridgehead atoms. The van der Waals surface area contributed by atoms with Crippen molar-refractivity contribution < 1.29 is 9.53 Å². The van der Waals surface area contributed by atoms with Gasteiger partial charge in [0, 0.05) is 31.9 Å². The van der Waals surface area contributed by atoms with Crippen LogP contribution in [0.2, 0.25) is 0 Å². The lowest BCUT2D eigenvalue weighted by molar-refractivity contribution is -0.130. The summed E-state index contributed by atoms with van der Waals surface area (Å²) in [7, 11) is 0. The van der Waals surface area contributed by atoms with Gasteiger partial charge in [0.25, 0.3) is 0 Å². The first-order valence-electron chi connectivity index (χ1n) is 9.45. The highest BCUT2D eigenvalue weighted by Crippen LogP contribution is 2.30. The Morgan fingerprint density at radius 2 is 2.11 bits per heavy atom. The maximum Gasteiger partial charge on any atom is 0.233 e.